The fourth-order valence-corrected chi connectivity index (χ4v) is 2.92. The summed E-state index contributed by atoms with van der Waals surface area (Å²) < 4.78 is 0. The third kappa shape index (κ3) is 4.08. The summed E-state index contributed by atoms with van der Waals surface area (Å²) in [5, 5.41) is 22.0. The number of aryl methyl sites for hydroxylation is 1. The fourth-order valence-electron chi connectivity index (χ4n) is 2.92. The minimum absolute atomic E-state index is 0.311. The standard InChI is InChI=1S/C20H20N8/c1-14-7-8-15-16(26-14)5-2-6-17(15)27-19-18(23)20(25-13-24-19)28(11-3-9-21)12-4-10-22/h2,5-8,13H,3-4,11-12,23H2,1H3,(H,24,25,27). The summed E-state index contributed by atoms with van der Waals surface area (Å²) in [7, 11) is 0. The molecule has 140 valence electrons. The van der Waals surface area contributed by atoms with Crippen molar-refractivity contribution in [3.8, 4) is 12.1 Å². The van der Waals surface area contributed by atoms with Gasteiger partial charge in [-0.3, -0.25) is 4.98 Å². The van der Waals surface area contributed by atoms with Crippen LogP contribution in [-0.4, -0.2) is 28.0 Å². The molecule has 2 aromatic heterocycles. The molecule has 0 aliphatic heterocycles. The summed E-state index contributed by atoms with van der Waals surface area (Å²) in [6, 6.07) is 14.0. The number of hydrogen-bond acceptors (Lipinski definition) is 8. The van der Waals surface area contributed by atoms with Crippen LogP contribution in [0.3, 0.4) is 0 Å². The number of nitrogen functional groups attached to an aromatic ring is 1. The highest BCUT2D eigenvalue weighted by Crippen LogP contribution is 2.31. The zero-order valence-electron chi connectivity index (χ0n) is 15.6. The van der Waals surface area contributed by atoms with Crippen LogP contribution in [0.4, 0.5) is 23.0 Å². The van der Waals surface area contributed by atoms with Crippen LogP contribution >= 0.6 is 0 Å². The van der Waals surface area contributed by atoms with Gasteiger partial charge in [0.15, 0.2) is 11.6 Å². The Bertz CT molecular complexity index is 1050. The second kappa shape index (κ2) is 8.65. The van der Waals surface area contributed by atoms with Gasteiger partial charge in [-0.25, -0.2) is 9.97 Å². The van der Waals surface area contributed by atoms with E-state index in [-0.39, 0.29) is 0 Å². The van der Waals surface area contributed by atoms with Gasteiger partial charge in [0.2, 0.25) is 0 Å². The Morgan fingerprint density at radius 1 is 1.07 bits per heavy atom. The number of fused-ring (bicyclic) bond motifs is 1. The molecule has 8 nitrogen and oxygen atoms in total. The van der Waals surface area contributed by atoms with E-state index in [2.05, 4.69) is 32.4 Å². The summed E-state index contributed by atoms with van der Waals surface area (Å²) in [6.45, 7) is 2.83. The molecule has 28 heavy (non-hydrogen) atoms. The monoisotopic (exact) mass is 372 g/mol. The SMILES string of the molecule is Cc1ccc2c(Nc3ncnc(N(CCC#N)CCC#N)c3N)cccc2n1. The van der Waals surface area contributed by atoms with E-state index in [0.717, 1.165) is 22.3 Å². The van der Waals surface area contributed by atoms with Gasteiger partial charge in [0.25, 0.3) is 0 Å². The van der Waals surface area contributed by atoms with Crippen molar-refractivity contribution in [2.45, 2.75) is 19.8 Å². The number of nitriles is 2. The van der Waals surface area contributed by atoms with Crippen molar-refractivity contribution >= 4 is 33.9 Å². The molecule has 0 saturated carbocycles. The van der Waals surface area contributed by atoms with Crippen LogP contribution in [0, 0.1) is 29.6 Å². The molecule has 8 heteroatoms. The van der Waals surface area contributed by atoms with Crippen LogP contribution in [0.5, 0.6) is 0 Å². The van der Waals surface area contributed by atoms with E-state index in [1.807, 2.05) is 42.2 Å². The van der Waals surface area contributed by atoms with E-state index in [4.69, 9.17) is 16.3 Å². The molecule has 0 saturated heterocycles. The number of nitrogens with two attached hydrogens (primary N) is 1. The Morgan fingerprint density at radius 3 is 2.54 bits per heavy atom. The average Bonchev–Trinajstić information content (AvgIpc) is 2.70. The van der Waals surface area contributed by atoms with Crippen molar-refractivity contribution in [1.82, 2.24) is 15.0 Å². The predicted molar refractivity (Wildman–Crippen MR) is 109 cm³/mol. The molecule has 0 atom stereocenters. The lowest BCUT2D eigenvalue weighted by Gasteiger charge is -2.23. The Kier molecular flexibility index (Phi) is 5.83. The second-order valence-corrected chi connectivity index (χ2v) is 6.21. The smallest absolute Gasteiger partial charge is 0.159 e. The molecule has 0 aliphatic rings. The maximum absolute atomic E-state index is 8.90. The number of anilines is 4. The van der Waals surface area contributed by atoms with Crippen LogP contribution in [0.2, 0.25) is 0 Å². The predicted octanol–water partition coefficient (Wildman–Crippen LogP) is 3.29. The molecule has 0 bridgehead atoms. The highest BCUT2D eigenvalue weighted by molar-refractivity contribution is 5.94. The topological polar surface area (TPSA) is 128 Å². The van der Waals surface area contributed by atoms with Gasteiger partial charge in [0.05, 0.1) is 30.5 Å². The van der Waals surface area contributed by atoms with Gasteiger partial charge in [-0.05, 0) is 31.2 Å². The third-order valence-corrected chi connectivity index (χ3v) is 4.27. The van der Waals surface area contributed by atoms with E-state index in [9.17, 15) is 0 Å². The Balaban J connectivity index is 1.95. The first-order chi connectivity index (χ1) is 13.6. The molecule has 3 rings (SSSR count). The third-order valence-electron chi connectivity index (χ3n) is 4.27. The number of hydrogen-bond donors (Lipinski definition) is 2. The quantitative estimate of drug-likeness (QED) is 0.646. The van der Waals surface area contributed by atoms with Crippen molar-refractivity contribution in [2.75, 3.05) is 29.0 Å². The zero-order chi connectivity index (χ0) is 19.9. The van der Waals surface area contributed by atoms with E-state index in [1.165, 1.54) is 6.33 Å². The van der Waals surface area contributed by atoms with Gasteiger partial charge in [0, 0.05) is 29.9 Å². The van der Waals surface area contributed by atoms with Crippen molar-refractivity contribution in [3.63, 3.8) is 0 Å². The molecule has 2 heterocycles. The molecule has 0 radical (unpaired) electrons. The number of nitrogens with one attached hydrogen (secondary N) is 1. The number of rotatable bonds is 7. The van der Waals surface area contributed by atoms with Crippen LogP contribution in [0.15, 0.2) is 36.7 Å². The summed E-state index contributed by atoms with van der Waals surface area (Å²) in [5.74, 6) is 0.981. The molecule has 3 aromatic rings. The second-order valence-electron chi connectivity index (χ2n) is 6.21. The van der Waals surface area contributed by atoms with Crippen molar-refractivity contribution < 1.29 is 0 Å². The van der Waals surface area contributed by atoms with Gasteiger partial charge in [0.1, 0.15) is 12.0 Å². The summed E-state index contributed by atoms with van der Waals surface area (Å²) in [4.78, 5) is 14.9. The van der Waals surface area contributed by atoms with Gasteiger partial charge in [-0.15, -0.1) is 0 Å². The number of benzene rings is 1. The Hall–Kier alpha value is -3.91. The van der Waals surface area contributed by atoms with Crippen molar-refractivity contribution in [1.29, 1.82) is 10.5 Å². The van der Waals surface area contributed by atoms with Gasteiger partial charge in [-0.1, -0.05) is 6.07 Å². The van der Waals surface area contributed by atoms with Crippen LogP contribution < -0.4 is 16.0 Å². The lowest BCUT2D eigenvalue weighted by atomic mass is 10.1. The maximum Gasteiger partial charge on any atom is 0.159 e. The van der Waals surface area contributed by atoms with Gasteiger partial charge < -0.3 is 16.0 Å². The first-order valence-corrected chi connectivity index (χ1v) is 8.86. The first kappa shape index (κ1) is 18.9. The highest BCUT2D eigenvalue weighted by Gasteiger charge is 2.16. The van der Waals surface area contributed by atoms with Crippen molar-refractivity contribution in [2.24, 2.45) is 0 Å². The number of pyridine rings is 1. The minimum Gasteiger partial charge on any atom is -0.393 e. The molecular weight excluding hydrogens is 352 g/mol. The van der Waals surface area contributed by atoms with Gasteiger partial charge >= 0.3 is 0 Å². The molecule has 0 aliphatic carbocycles. The first-order valence-electron chi connectivity index (χ1n) is 8.86. The van der Waals surface area contributed by atoms with Gasteiger partial charge in [-0.2, -0.15) is 10.5 Å². The Morgan fingerprint density at radius 2 is 1.82 bits per heavy atom. The summed E-state index contributed by atoms with van der Waals surface area (Å²) >= 11 is 0. The summed E-state index contributed by atoms with van der Waals surface area (Å²) in [6.07, 6.45) is 2.05. The lowest BCUT2D eigenvalue weighted by molar-refractivity contribution is 0.782. The number of nitrogens with zero attached hydrogens (tertiary/aromatic N) is 6. The van der Waals surface area contributed by atoms with E-state index < -0.39 is 0 Å². The molecule has 0 unspecified atom stereocenters. The Labute approximate surface area is 163 Å². The normalized spacial score (nSPS) is 10.2. The van der Waals surface area contributed by atoms with Crippen LogP contribution in [0.25, 0.3) is 10.9 Å². The molecule has 1 aromatic carbocycles. The molecule has 3 N–H and O–H groups in total. The van der Waals surface area contributed by atoms with Crippen LogP contribution in [0.1, 0.15) is 18.5 Å². The lowest BCUT2D eigenvalue weighted by Crippen LogP contribution is -2.27. The largest absolute Gasteiger partial charge is 0.393 e. The number of aromatic nitrogens is 3. The summed E-state index contributed by atoms with van der Waals surface area (Å²) in [5.41, 5.74) is 9.36. The maximum atomic E-state index is 8.90. The highest BCUT2D eigenvalue weighted by atomic mass is 15.2. The van der Waals surface area contributed by atoms with E-state index in [0.29, 0.717) is 43.3 Å². The molecule has 0 fully saturated rings. The fraction of sp³-hybridized carbons (Fsp3) is 0.250. The van der Waals surface area contributed by atoms with Crippen molar-refractivity contribution in [3.05, 3.63) is 42.4 Å². The average molecular weight is 372 g/mol. The minimum atomic E-state index is 0.311. The van der Waals surface area contributed by atoms with E-state index in [1.54, 1.807) is 0 Å². The zero-order valence-corrected chi connectivity index (χ0v) is 15.6. The molecular formula is C20H20N8. The van der Waals surface area contributed by atoms with E-state index >= 15 is 0 Å². The molecule has 0 amide bonds. The molecule has 0 spiro atoms. The van der Waals surface area contributed by atoms with Crippen LogP contribution in [-0.2, 0) is 0 Å².